The second-order valence-electron chi connectivity index (χ2n) is 4.36. The maximum atomic E-state index is 13.1. The first-order valence-electron chi connectivity index (χ1n) is 5.95. The van der Waals surface area contributed by atoms with Gasteiger partial charge in [0.05, 0.1) is 6.04 Å². The van der Waals surface area contributed by atoms with Crippen molar-refractivity contribution in [3.8, 4) is 0 Å². The number of thiophene rings is 1. The molecule has 2 nitrogen and oxygen atoms in total. The molecule has 0 aliphatic rings. The number of rotatable bonds is 5. The quantitative estimate of drug-likeness (QED) is 0.488. The van der Waals surface area contributed by atoms with Gasteiger partial charge in [-0.3, -0.25) is 11.3 Å². The molecule has 96 valence electrons. The molecule has 4 heteroatoms. The molecule has 0 aliphatic carbocycles. The molecule has 3 N–H and O–H groups in total. The van der Waals surface area contributed by atoms with Crippen LogP contribution in [0.4, 0.5) is 4.39 Å². The molecule has 1 unspecified atom stereocenters. The molecule has 0 saturated heterocycles. The molecule has 0 radical (unpaired) electrons. The fourth-order valence-corrected chi connectivity index (χ4v) is 2.99. The minimum Gasteiger partial charge on any atom is -0.271 e. The van der Waals surface area contributed by atoms with Crippen molar-refractivity contribution < 1.29 is 4.39 Å². The molecule has 0 fully saturated rings. The molecule has 1 aromatic heterocycles. The van der Waals surface area contributed by atoms with Gasteiger partial charge in [-0.1, -0.05) is 19.1 Å². The van der Waals surface area contributed by atoms with Crippen molar-refractivity contribution in [3.05, 3.63) is 47.1 Å². The third kappa shape index (κ3) is 2.77. The summed E-state index contributed by atoms with van der Waals surface area (Å²) in [6, 6.07) is 6.89. The van der Waals surface area contributed by atoms with Crippen LogP contribution in [-0.4, -0.2) is 0 Å². The summed E-state index contributed by atoms with van der Waals surface area (Å²) in [5.74, 6) is 5.39. The van der Waals surface area contributed by atoms with E-state index in [1.165, 1.54) is 6.07 Å². The monoisotopic (exact) mass is 264 g/mol. The van der Waals surface area contributed by atoms with Crippen LogP contribution in [0.5, 0.6) is 0 Å². The van der Waals surface area contributed by atoms with Gasteiger partial charge in [-0.15, -0.1) is 11.3 Å². The van der Waals surface area contributed by atoms with E-state index in [4.69, 9.17) is 5.84 Å². The van der Waals surface area contributed by atoms with Crippen LogP contribution in [0.15, 0.2) is 36.4 Å². The van der Waals surface area contributed by atoms with Gasteiger partial charge < -0.3 is 0 Å². The predicted molar refractivity (Wildman–Crippen MR) is 75.9 cm³/mol. The van der Waals surface area contributed by atoms with Gasteiger partial charge in [0.2, 0.25) is 0 Å². The lowest BCUT2D eigenvalue weighted by atomic mass is 10.0. The number of hydrogen-bond acceptors (Lipinski definition) is 3. The average Bonchev–Trinajstić information content (AvgIpc) is 2.78. The summed E-state index contributed by atoms with van der Waals surface area (Å²) < 4.78 is 14.2. The van der Waals surface area contributed by atoms with Crippen molar-refractivity contribution in [2.24, 2.45) is 5.84 Å². The summed E-state index contributed by atoms with van der Waals surface area (Å²) in [5, 5.41) is 0.928. The Balaban J connectivity index is 2.30. The molecule has 1 heterocycles. The van der Waals surface area contributed by atoms with E-state index in [1.54, 1.807) is 23.5 Å². The highest BCUT2D eigenvalue weighted by molar-refractivity contribution is 7.19. The lowest BCUT2D eigenvalue weighted by Crippen LogP contribution is -2.27. The van der Waals surface area contributed by atoms with Crippen LogP contribution in [-0.2, 0) is 0 Å². The summed E-state index contributed by atoms with van der Waals surface area (Å²) in [7, 11) is 0. The van der Waals surface area contributed by atoms with E-state index in [-0.39, 0.29) is 11.9 Å². The highest BCUT2D eigenvalue weighted by Crippen LogP contribution is 2.32. The van der Waals surface area contributed by atoms with Gasteiger partial charge in [0, 0.05) is 9.58 Å². The number of hydrogen-bond donors (Lipinski definition) is 2. The van der Waals surface area contributed by atoms with Crippen LogP contribution in [0.3, 0.4) is 0 Å². The Kier molecular flexibility index (Phi) is 4.11. The summed E-state index contributed by atoms with van der Waals surface area (Å²) >= 11 is 1.64. The van der Waals surface area contributed by atoms with Gasteiger partial charge in [-0.2, -0.15) is 0 Å². The van der Waals surface area contributed by atoms with Crippen molar-refractivity contribution in [2.45, 2.75) is 25.8 Å². The Morgan fingerprint density at radius 1 is 1.50 bits per heavy atom. The van der Waals surface area contributed by atoms with E-state index < -0.39 is 0 Å². The summed E-state index contributed by atoms with van der Waals surface area (Å²) in [6.45, 7) is 6.08. The zero-order valence-electron chi connectivity index (χ0n) is 10.4. The Morgan fingerprint density at radius 3 is 2.94 bits per heavy atom. The molecule has 2 aromatic rings. The van der Waals surface area contributed by atoms with Gasteiger partial charge in [-0.05, 0) is 42.5 Å². The summed E-state index contributed by atoms with van der Waals surface area (Å²) in [5.41, 5.74) is 3.97. The van der Waals surface area contributed by atoms with E-state index >= 15 is 0 Å². The molecular weight excluding hydrogens is 247 g/mol. The van der Waals surface area contributed by atoms with Gasteiger partial charge >= 0.3 is 0 Å². The second-order valence-corrected chi connectivity index (χ2v) is 5.47. The number of nitrogens with one attached hydrogen (secondary N) is 1. The number of nitrogens with two attached hydrogens (primary N) is 1. The summed E-state index contributed by atoms with van der Waals surface area (Å²) in [4.78, 5) is 1.12. The van der Waals surface area contributed by atoms with E-state index in [1.807, 2.05) is 6.07 Å². The Labute approximate surface area is 110 Å². The second kappa shape index (κ2) is 5.61. The highest BCUT2D eigenvalue weighted by atomic mass is 32.1. The fourth-order valence-electron chi connectivity index (χ4n) is 1.88. The van der Waals surface area contributed by atoms with E-state index in [2.05, 4.69) is 18.9 Å². The van der Waals surface area contributed by atoms with Crippen molar-refractivity contribution in [1.82, 2.24) is 5.43 Å². The Bertz CT molecular complexity index is 562. The molecule has 1 atom stereocenters. The zero-order valence-corrected chi connectivity index (χ0v) is 11.2. The molecule has 0 spiro atoms. The van der Waals surface area contributed by atoms with Crippen molar-refractivity contribution >= 4 is 21.4 Å². The number of benzene rings is 1. The van der Waals surface area contributed by atoms with Crippen LogP contribution < -0.4 is 11.3 Å². The van der Waals surface area contributed by atoms with Crippen LogP contribution in [0.25, 0.3) is 10.1 Å². The third-order valence-corrected chi connectivity index (χ3v) is 4.26. The van der Waals surface area contributed by atoms with E-state index in [0.717, 1.165) is 33.4 Å². The first kappa shape index (κ1) is 13.2. The van der Waals surface area contributed by atoms with Crippen molar-refractivity contribution in [2.75, 3.05) is 0 Å². The summed E-state index contributed by atoms with van der Waals surface area (Å²) in [6.07, 6.45) is 1.75. The molecular formula is C14H17FN2S. The van der Waals surface area contributed by atoms with Gasteiger partial charge in [-0.25, -0.2) is 4.39 Å². The molecule has 0 aliphatic heterocycles. The number of halogens is 1. The Morgan fingerprint density at radius 2 is 2.28 bits per heavy atom. The molecule has 0 amide bonds. The third-order valence-electron chi connectivity index (χ3n) is 3.03. The average molecular weight is 264 g/mol. The molecule has 0 saturated carbocycles. The molecule has 2 rings (SSSR count). The highest BCUT2D eigenvalue weighted by Gasteiger charge is 2.14. The molecule has 18 heavy (non-hydrogen) atoms. The zero-order chi connectivity index (χ0) is 13.1. The van der Waals surface area contributed by atoms with Gasteiger partial charge in [0.1, 0.15) is 5.82 Å². The SMILES string of the molecule is C=C(CC)CC(NN)c1cc2cc(F)ccc2s1. The lowest BCUT2D eigenvalue weighted by molar-refractivity contribution is 0.553. The fraction of sp³-hybridized carbons (Fsp3) is 0.286. The normalized spacial score (nSPS) is 12.8. The number of fused-ring (bicyclic) bond motifs is 1. The number of hydrazine groups is 1. The van der Waals surface area contributed by atoms with Gasteiger partial charge in [0.15, 0.2) is 0 Å². The standard InChI is InChI=1S/C14H17FN2S/c1-3-9(2)6-12(17-16)14-8-10-7-11(15)4-5-13(10)18-14/h4-5,7-8,12,17H,2-3,6,16H2,1H3. The molecule has 0 bridgehead atoms. The van der Waals surface area contributed by atoms with Crippen molar-refractivity contribution in [3.63, 3.8) is 0 Å². The van der Waals surface area contributed by atoms with Crippen molar-refractivity contribution in [1.29, 1.82) is 0 Å². The minimum atomic E-state index is -0.206. The van der Waals surface area contributed by atoms with Crippen LogP contribution in [0, 0.1) is 5.82 Å². The van der Waals surface area contributed by atoms with E-state index in [9.17, 15) is 4.39 Å². The van der Waals surface area contributed by atoms with Gasteiger partial charge in [0.25, 0.3) is 0 Å². The maximum absolute atomic E-state index is 13.1. The van der Waals surface area contributed by atoms with Crippen LogP contribution >= 0.6 is 11.3 Å². The first-order valence-corrected chi connectivity index (χ1v) is 6.77. The maximum Gasteiger partial charge on any atom is 0.123 e. The molecule has 1 aromatic carbocycles. The van der Waals surface area contributed by atoms with E-state index in [0.29, 0.717) is 0 Å². The first-order chi connectivity index (χ1) is 8.63. The van der Waals surface area contributed by atoms with Crippen LogP contribution in [0.1, 0.15) is 30.7 Å². The Hall–Kier alpha value is -1.23. The minimum absolute atomic E-state index is 0.0536. The smallest absolute Gasteiger partial charge is 0.123 e. The largest absolute Gasteiger partial charge is 0.271 e. The lowest BCUT2D eigenvalue weighted by Gasteiger charge is -2.14. The van der Waals surface area contributed by atoms with Crippen LogP contribution in [0.2, 0.25) is 0 Å². The predicted octanol–water partition coefficient (Wildman–Crippen LogP) is 3.90. The topological polar surface area (TPSA) is 38.0 Å².